The van der Waals surface area contributed by atoms with E-state index in [2.05, 4.69) is 5.32 Å². The van der Waals surface area contributed by atoms with Crippen LogP contribution in [0.1, 0.15) is 47.4 Å². The molecular formula is C17H23N2O3+. The first kappa shape index (κ1) is 14.9. The van der Waals surface area contributed by atoms with Gasteiger partial charge in [-0.3, -0.25) is 4.79 Å². The van der Waals surface area contributed by atoms with Crippen molar-refractivity contribution in [2.24, 2.45) is 0 Å². The lowest BCUT2D eigenvalue weighted by Crippen LogP contribution is -3.13. The molecule has 1 amide bonds. The molecule has 0 bridgehead atoms. The van der Waals surface area contributed by atoms with Crippen LogP contribution in [0.4, 0.5) is 0 Å². The molecule has 5 nitrogen and oxygen atoms in total. The van der Waals surface area contributed by atoms with Crippen LogP contribution < -0.4 is 10.2 Å². The largest absolute Gasteiger partial charge is 0.463 e. The molecule has 2 aromatic heterocycles. The zero-order chi connectivity index (χ0) is 15.4. The van der Waals surface area contributed by atoms with Gasteiger partial charge in [-0.2, -0.15) is 0 Å². The van der Waals surface area contributed by atoms with Crippen molar-refractivity contribution >= 4 is 5.91 Å². The highest BCUT2D eigenvalue weighted by molar-refractivity contribution is 5.91. The van der Waals surface area contributed by atoms with Crippen molar-refractivity contribution < 1.29 is 18.5 Å². The summed E-state index contributed by atoms with van der Waals surface area (Å²) < 4.78 is 11.0. The Labute approximate surface area is 130 Å². The molecule has 1 atom stereocenters. The summed E-state index contributed by atoms with van der Waals surface area (Å²) >= 11 is 0. The first-order chi connectivity index (χ1) is 10.7. The molecule has 118 valence electrons. The van der Waals surface area contributed by atoms with Crippen molar-refractivity contribution in [1.29, 1.82) is 0 Å². The molecule has 0 aromatic carbocycles. The molecule has 5 heteroatoms. The summed E-state index contributed by atoms with van der Waals surface area (Å²) in [5, 5.41) is 2.98. The van der Waals surface area contributed by atoms with Gasteiger partial charge in [-0.15, -0.1) is 0 Å². The van der Waals surface area contributed by atoms with Crippen LogP contribution in [0.5, 0.6) is 0 Å². The maximum absolute atomic E-state index is 12.2. The van der Waals surface area contributed by atoms with Crippen molar-refractivity contribution in [2.75, 3.05) is 19.6 Å². The number of carbonyl (C=O) groups is 1. The predicted molar refractivity (Wildman–Crippen MR) is 81.8 cm³/mol. The summed E-state index contributed by atoms with van der Waals surface area (Å²) in [5.74, 6) is 1.88. The number of likely N-dealkylation sites (tertiary alicyclic amines) is 1. The van der Waals surface area contributed by atoms with Gasteiger partial charge >= 0.3 is 0 Å². The summed E-state index contributed by atoms with van der Waals surface area (Å²) in [6.45, 7) is 4.64. The standard InChI is InChI=1S/C17H22N2O3/c1-13-7-8-16(22-13)17(20)18-12-14(15-6-5-11-21-15)19-9-3-2-4-10-19/h5-8,11,14H,2-4,9-10,12H2,1H3,(H,18,20)/p+1/t14-/m1/s1. The quantitative estimate of drug-likeness (QED) is 0.884. The number of quaternary nitrogens is 1. The third-order valence-electron chi connectivity index (χ3n) is 4.31. The first-order valence-corrected chi connectivity index (χ1v) is 7.96. The van der Waals surface area contributed by atoms with Crippen LogP contribution >= 0.6 is 0 Å². The number of nitrogens with one attached hydrogen (secondary N) is 2. The molecule has 0 unspecified atom stereocenters. The van der Waals surface area contributed by atoms with E-state index in [0.717, 1.165) is 24.6 Å². The highest BCUT2D eigenvalue weighted by Crippen LogP contribution is 2.12. The number of carbonyl (C=O) groups excluding carboxylic acids is 1. The Morgan fingerprint density at radius 2 is 2.09 bits per heavy atom. The van der Waals surface area contributed by atoms with Crippen molar-refractivity contribution in [2.45, 2.75) is 32.2 Å². The molecule has 1 fully saturated rings. The molecule has 1 aliphatic rings. The number of piperidine rings is 1. The molecule has 2 aromatic rings. The van der Waals surface area contributed by atoms with E-state index in [4.69, 9.17) is 8.83 Å². The number of amides is 1. The van der Waals surface area contributed by atoms with E-state index >= 15 is 0 Å². The van der Waals surface area contributed by atoms with Crippen LogP contribution in [0.3, 0.4) is 0 Å². The molecule has 0 saturated carbocycles. The highest BCUT2D eigenvalue weighted by Gasteiger charge is 2.28. The van der Waals surface area contributed by atoms with Gasteiger partial charge in [0.15, 0.2) is 17.6 Å². The van der Waals surface area contributed by atoms with Crippen LogP contribution in [-0.4, -0.2) is 25.5 Å². The van der Waals surface area contributed by atoms with E-state index in [1.165, 1.54) is 24.2 Å². The van der Waals surface area contributed by atoms with E-state index in [-0.39, 0.29) is 11.9 Å². The van der Waals surface area contributed by atoms with Crippen molar-refractivity contribution in [3.05, 3.63) is 47.8 Å². The number of hydrogen-bond acceptors (Lipinski definition) is 3. The van der Waals surface area contributed by atoms with Gasteiger partial charge in [-0.1, -0.05) is 0 Å². The Kier molecular flexibility index (Phi) is 4.63. The van der Waals surface area contributed by atoms with Gasteiger partial charge in [0.1, 0.15) is 5.76 Å². The van der Waals surface area contributed by atoms with Gasteiger partial charge in [0.2, 0.25) is 0 Å². The monoisotopic (exact) mass is 303 g/mol. The summed E-state index contributed by atoms with van der Waals surface area (Å²) in [6, 6.07) is 7.57. The fourth-order valence-electron chi connectivity index (χ4n) is 3.13. The normalized spacial score (nSPS) is 17.3. The molecule has 0 aliphatic carbocycles. The summed E-state index contributed by atoms with van der Waals surface area (Å²) in [5.41, 5.74) is 0. The number of aryl methyl sites for hydroxylation is 1. The minimum Gasteiger partial charge on any atom is -0.463 e. The van der Waals surface area contributed by atoms with Crippen molar-refractivity contribution in [1.82, 2.24) is 5.32 Å². The molecule has 22 heavy (non-hydrogen) atoms. The number of hydrogen-bond donors (Lipinski definition) is 2. The lowest BCUT2D eigenvalue weighted by atomic mass is 10.1. The van der Waals surface area contributed by atoms with Gasteiger partial charge in [-0.05, 0) is 50.5 Å². The molecule has 3 rings (SSSR count). The summed E-state index contributed by atoms with van der Waals surface area (Å²) in [4.78, 5) is 13.7. The molecule has 1 saturated heterocycles. The van der Waals surface area contributed by atoms with E-state index in [9.17, 15) is 4.79 Å². The van der Waals surface area contributed by atoms with Gasteiger partial charge in [0.25, 0.3) is 5.91 Å². The molecule has 2 N–H and O–H groups in total. The van der Waals surface area contributed by atoms with Gasteiger partial charge in [0, 0.05) is 0 Å². The van der Waals surface area contributed by atoms with Crippen molar-refractivity contribution in [3.63, 3.8) is 0 Å². The Morgan fingerprint density at radius 3 is 2.73 bits per heavy atom. The molecule has 3 heterocycles. The zero-order valence-electron chi connectivity index (χ0n) is 12.9. The second-order valence-electron chi connectivity index (χ2n) is 5.91. The maximum Gasteiger partial charge on any atom is 0.287 e. The fourth-order valence-corrected chi connectivity index (χ4v) is 3.13. The van der Waals surface area contributed by atoms with E-state index < -0.39 is 0 Å². The van der Waals surface area contributed by atoms with Gasteiger partial charge < -0.3 is 19.1 Å². The minimum atomic E-state index is -0.166. The Hall–Kier alpha value is -2.01. The van der Waals surface area contributed by atoms with E-state index in [1.54, 1.807) is 18.4 Å². The summed E-state index contributed by atoms with van der Waals surface area (Å²) in [7, 11) is 0. The maximum atomic E-state index is 12.2. The average molecular weight is 303 g/mol. The average Bonchev–Trinajstić information content (AvgIpc) is 3.20. The van der Waals surface area contributed by atoms with Gasteiger partial charge in [-0.25, -0.2) is 0 Å². The summed E-state index contributed by atoms with van der Waals surface area (Å²) in [6.07, 6.45) is 5.46. The smallest absolute Gasteiger partial charge is 0.287 e. The van der Waals surface area contributed by atoms with Crippen LogP contribution in [0.2, 0.25) is 0 Å². The predicted octanol–water partition coefficient (Wildman–Crippen LogP) is 1.72. The topological polar surface area (TPSA) is 59.8 Å². The third kappa shape index (κ3) is 3.42. The fraction of sp³-hybridized carbons (Fsp3) is 0.471. The van der Waals surface area contributed by atoms with E-state index in [0.29, 0.717) is 12.3 Å². The minimum absolute atomic E-state index is 0.162. The highest BCUT2D eigenvalue weighted by atomic mass is 16.3. The number of furan rings is 2. The molecule has 0 spiro atoms. The van der Waals surface area contributed by atoms with Crippen molar-refractivity contribution in [3.8, 4) is 0 Å². The Bertz CT molecular complexity index is 597. The Morgan fingerprint density at radius 1 is 1.27 bits per heavy atom. The molecular weight excluding hydrogens is 280 g/mol. The van der Waals surface area contributed by atoms with Crippen LogP contribution in [0.15, 0.2) is 39.4 Å². The van der Waals surface area contributed by atoms with Crippen LogP contribution in [0.25, 0.3) is 0 Å². The Balaban J connectivity index is 1.66. The molecule has 1 aliphatic heterocycles. The third-order valence-corrected chi connectivity index (χ3v) is 4.31. The molecule has 0 radical (unpaired) electrons. The lowest BCUT2D eigenvalue weighted by Gasteiger charge is -2.30. The first-order valence-electron chi connectivity index (χ1n) is 7.96. The lowest BCUT2D eigenvalue weighted by molar-refractivity contribution is -0.936. The van der Waals surface area contributed by atoms with Gasteiger partial charge in [0.05, 0.1) is 25.9 Å². The number of rotatable bonds is 5. The zero-order valence-corrected chi connectivity index (χ0v) is 12.9. The van der Waals surface area contributed by atoms with Crippen LogP contribution in [0, 0.1) is 6.92 Å². The van der Waals surface area contributed by atoms with Crippen LogP contribution in [-0.2, 0) is 0 Å². The second-order valence-corrected chi connectivity index (χ2v) is 5.91. The second kappa shape index (κ2) is 6.83. The van der Waals surface area contributed by atoms with E-state index in [1.807, 2.05) is 19.1 Å². The SMILES string of the molecule is Cc1ccc(C(=O)NC[C@H](c2ccco2)[NH+]2CCCCC2)o1.